The Morgan fingerprint density at radius 1 is 1.04 bits per heavy atom. The topological polar surface area (TPSA) is 32.8 Å². The fraction of sp³-hybridized carbons (Fsp3) is 0.650. The van der Waals surface area contributed by atoms with Crippen molar-refractivity contribution in [2.24, 2.45) is 11.8 Å². The minimum Gasteiger partial charge on any atom is -0.381 e. The number of amides is 1. The van der Waals surface area contributed by atoms with Crippen molar-refractivity contribution in [1.29, 1.82) is 0 Å². The molecule has 0 aliphatic carbocycles. The summed E-state index contributed by atoms with van der Waals surface area (Å²) in [5, 5.41) is 0. The molecule has 0 aromatic heterocycles. The second kappa shape index (κ2) is 7.24. The molecule has 2 saturated heterocycles. The van der Waals surface area contributed by atoms with Crippen LogP contribution in [0.15, 0.2) is 24.3 Å². The van der Waals surface area contributed by atoms with Crippen LogP contribution in [0, 0.1) is 11.8 Å². The predicted octanol–water partition coefficient (Wildman–Crippen LogP) is 2.71. The molecule has 1 aromatic carbocycles. The summed E-state index contributed by atoms with van der Waals surface area (Å²) >= 11 is 0. The monoisotopic (exact) mass is 328 g/mol. The number of fused-ring (bicyclic) bond motifs is 1. The molecule has 0 N–H and O–H groups in total. The first-order valence-electron chi connectivity index (χ1n) is 9.50. The van der Waals surface area contributed by atoms with Crippen molar-refractivity contribution >= 4 is 11.6 Å². The lowest BCUT2D eigenvalue weighted by Gasteiger charge is -2.36. The number of hydrogen-bond donors (Lipinski definition) is 0. The number of nitrogens with zero attached hydrogens (tertiary/aromatic N) is 2. The van der Waals surface area contributed by atoms with E-state index in [-0.39, 0.29) is 5.92 Å². The van der Waals surface area contributed by atoms with E-state index in [1.807, 2.05) is 11.0 Å². The molecule has 0 unspecified atom stereocenters. The molecule has 2 fully saturated rings. The van der Waals surface area contributed by atoms with E-state index >= 15 is 0 Å². The number of likely N-dealkylation sites (tertiary alicyclic amines) is 1. The zero-order valence-electron chi connectivity index (χ0n) is 14.5. The number of benzene rings is 1. The van der Waals surface area contributed by atoms with E-state index in [1.165, 1.54) is 24.9 Å². The Balaban J connectivity index is 1.30. The van der Waals surface area contributed by atoms with Crippen LogP contribution in [0.2, 0.25) is 0 Å². The number of carbonyl (C=O) groups is 1. The molecule has 1 aromatic rings. The lowest BCUT2D eigenvalue weighted by atomic mass is 9.93. The fourth-order valence-electron chi connectivity index (χ4n) is 4.44. The summed E-state index contributed by atoms with van der Waals surface area (Å²) in [4.78, 5) is 17.6. The van der Waals surface area contributed by atoms with Crippen LogP contribution in [-0.2, 0) is 16.0 Å². The Labute approximate surface area is 144 Å². The highest BCUT2D eigenvalue weighted by molar-refractivity contribution is 5.97. The molecule has 130 valence electrons. The summed E-state index contributed by atoms with van der Waals surface area (Å²) in [6.45, 7) is 6.05. The highest BCUT2D eigenvalue weighted by atomic mass is 16.5. The summed E-state index contributed by atoms with van der Waals surface area (Å²) < 4.78 is 5.45. The quantitative estimate of drug-likeness (QED) is 0.855. The molecule has 0 atom stereocenters. The van der Waals surface area contributed by atoms with Gasteiger partial charge in [-0.3, -0.25) is 4.79 Å². The fourth-order valence-corrected chi connectivity index (χ4v) is 4.44. The summed E-state index contributed by atoms with van der Waals surface area (Å²) in [7, 11) is 0. The minimum atomic E-state index is 0.210. The zero-order chi connectivity index (χ0) is 16.4. The molecule has 0 saturated carbocycles. The predicted molar refractivity (Wildman–Crippen MR) is 95.2 cm³/mol. The minimum absolute atomic E-state index is 0.210. The number of rotatable bonds is 3. The molecule has 0 radical (unpaired) electrons. The first-order chi connectivity index (χ1) is 11.8. The Bertz CT molecular complexity index is 575. The first-order valence-corrected chi connectivity index (χ1v) is 9.50. The molecule has 3 aliphatic heterocycles. The van der Waals surface area contributed by atoms with Crippen molar-refractivity contribution in [1.82, 2.24) is 4.90 Å². The summed E-state index contributed by atoms with van der Waals surface area (Å²) in [5.41, 5.74) is 2.47. The Kier molecular flexibility index (Phi) is 4.86. The molecule has 1 amide bonds. The second-order valence-electron chi connectivity index (χ2n) is 7.50. The van der Waals surface area contributed by atoms with Gasteiger partial charge >= 0.3 is 0 Å². The molecular formula is C20H28N2O2. The number of para-hydroxylation sites is 1. The van der Waals surface area contributed by atoms with Crippen LogP contribution in [-0.4, -0.2) is 50.2 Å². The SMILES string of the molecule is O=C(C1CCN(CC2CCOCC2)CC1)N1CCc2ccccc21. The lowest BCUT2D eigenvalue weighted by molar-refractivity contribution is -0.123. The maximum absolute atomic E-state index is 13.0. The van der Waals surface area contributed by atoms with Crippen LogP contribution in [0.1, 0.15) is 31.2 Å². The zero-order valence-corrected chi connectivity index (χ0v) is 14.5. The molecule has 0 spiro atoms. The van der Waals surface area contributed by atoms with E-state index in [4.69, 9.17) is 4.74 Å². The largest absolute Gasteiger partial charge is 0.381 e. The second-order valence-corrected chi connectivity index (χ2v) is 7.50. The van der Waals surface area contributed by atoms with Crippen molar-refractivity contribution in [3.63, 3.8) is 0 Å². The van der Waals surface area contributed by atoms with Gasteiger partial charge in [-0.1, -0.05) is 18.2 Å². The first kappa shape index (κ1) is 16.1. The molecular weight excluding hydrogens is 300 g/mol. The maximum Gasteiger partial charge on any atom is 0.230 e. The number of ether oxygens (including phenoxy) is 1. The van der Waals surface area contributed by atoms with Gasteiger partial charge in [-0.15, -0.1) is 0 Å². The Morgan fingerprint density at radius 3 is 2.58 bits per heavy atom. The number of hydrogen-bond acceptors (Lipinski definition) is 3. The van der Waals surface area contributed by atoms with Gasteiger partial charge in [0.25, 0.3) is 0 Å². The standard InChI is InChI=1S/C20H28N2O2/c23-20(22-12-7-17-3-1-2-4-19(17)22)18-5-10-21(11-6-18)15-16-8-13-24-14-9-16/h1-4,16,18H,5-15H2. The third-order valence-corrected chi connectivity index (χ3v) is 5.95. The van der Waals surface area contributed by atoms with Crippen LogP contribution in [0.25, 0.3) is 0 Å². The van der Waals surface area contributed by atoms with Gasteiger partial charge in [-0.25, -0.2) is 0 Å². The number of anilines is 1. The summed E-state index contributed by atoms with van der Waals surface area (Å²) in [5.74, 6) is 1.35. The maximum atomic E-state index is 13.0. The van der Waals surface area contributed by atoms with E-state index in [1.54, 1.807) is 0 Å². The third kappa shape index (κ3) is 3.35. The Hall–Kier alpha value is -1.39. The van der Waals surface area contributed by atoms with E-state index in [2.05, 4.69) is 23.1 Å². The molecule has 3 heterocycles. The van der Waals surface area contributed by atoms with Gasteiger partial charge in [-0.05, 0) is 62.7 Å². The molecule has 4 heteroatoms. The van der Waals surface area contributed by atoms with Gasteiger partial charge in [0.1, 0.15) is 0 Å². The van der Waals surface area contributed by atoms with E-state index < -0.39 is 0 Å². The van der Waals surface area contributed by atoms with Crippen LogP contribution in [0.3, 0.4) is 0 Å². The average molecular weight is 328 g/mol. The van der Waals surface area contributed by atoms with Gasteiger partial charge in [0, 0.05) is 37.9 Å². The Morgan fingerprint density at radius 2 is 1.79 bits per heavy atom. The van der Waals surface area contributed by atoms with Gasteiger partial charge in [0.2, 0.25) is 5.91 Å². The van der Waals surface area contributed by atoms with E-state index in [9.17, 15) is 4.79 Å². The summed E-state index contributed by atoms with van der Waals surface area (Å²) in [6.07, 6.45) is 5.43. The molecule has 4 rings (SSSR count). The average Bonchev–Trinajstić information content (AvgIpc) is 3.07. The molecule has 0 bridgehead atoms. The molecule has 24 heavy (non-hydrogen) atoms. The van der Waals surface area contributed by atoms with Crippen molar-refractivity contribution in [3.05, 3.63) is 29.8 Å². The van der Waals surface area contributed by atoms with Gasteiger partial charge in [0.05, 0.1) is 0 Å². The summed E-state index contributed by atoms with van der Waals surface area (Å²) in [6, 6.07) is 8.36. The van der Waals surface area contributed by atoms with Gasteiger partial charge in [0.15, 0.2) is 0 Å². The normalized spacial score (nSPS) is 23.4. The number of piperidine rings is 1. The van der Waals surface area contributed by atoms with Crippen LogP contribution < -0.4 is 4.90 Å². The van der Waals surface area contributed by atoms with Crippen molar-refractivity contribution < 1.29 is 9.53 Å². The van der Waals surface area contributed by atoms with Gasteiger partial charge < -0.3 is 14.5 Å². The third-order valence-electron chi connectivity index (χ3n) is 5.95. The smallest absolute Gasteiger partial charge is 0.230 e. The van der Waals surface area contributed by atoms with E-state index in [0.29, 0.717) is 5.91 Å². The number of carbonyl (C=O) groups excluding carboxylic acids is 1. The van der Waals surface area contributed by atoms with Crippen molar-refractivity contribution in [2.75, 3.05) is 44.3 Å². The molecule has 4 nitrogen and oxygen atoms in total. The molecule has 3 aliphatic rings. The van der Waals surface area contributed by atoms with Gasteiger partial charge in [-0.2, -0.15) is 0 Å². The van der Waals surface area contributed by atoms with E-state index in [0.717, 1.165) is 63.7 Å². The van der Waals surface area contributed by atoms with Crippen LogP contribution in [0.5, 0.6) is 0 Å². The lowest BCUT2D eigenvalue weighted by Crippen LogP contribution is -2.43. The highest BCUT2D eigenvalue weighted by Crippen LogP contribution is 2.31. The van der Waals surface area contributed by atoms with Crippen LogP contribution in [0.4, 0.5) is 5.69 Å². The van der Waals surface area contributed by atoms with Crippen molar-refractivity contribution in [3.8, 4) is 0 Å². The van der Waals surface area contributed by atoms with Crippen LogP contribution >= 0.6 is 0 Å². The van der Waals surface area contributed by atoms with Crippen molar-refractivity contribution in [2.45, 2.75) is 32.1 Å². The highest BCUT2D eigenvalue weighted by Gasteiger charge is 2.32.